The number of carboxylic acid groups (broad SMARTS) is 2. The van der Waals surface area contributed by atoms with Crippen molar-refractivity contribution in [2.75, 3.05) is 48.0 Å². The summed E-state index contributed by atoms with van der Waals surface area (Å²) in [5.74, 6) is -2.27. The maximum absolute atomic E-state index is 13.1. The largest absolute Gasteiger partial charge is 0.502 e. The molecule has 1 aromatic heterocycles. The van der Waals surface area contributed by atoms with Gasteiger partial charge in [0.15, 0.2) is 11.5 Å². The summed E-state index contributed by atoms with van der Waals surface area (Å²) in [6.07, 6.45) is -2.03. The van der Waals surface area contributed by atoms with E-state index < -0.39 is 83.0 Å². The monoisotopic (exact) mass is 1480 g/mol. The summed E-state index contributed by atoms with van der Waals surface area (Å²) >= 11 is 0. The second kappa shape index (κ2) is 42.5. The first-order valence-corrected chi connectivity index (χ1v) is 35.0. The third-order valence-electron chi connectivity index (χ3n) is 15.5. The molecule has 9 rings (SSSR count). The van der Waals surface area contributed by atoms with Crippen LogP contribution in [0.2, 0.25) is 0 Å². The van der Waals surface area contributed by atoms with Crippen LogP contribution in [0.5, 0.6) is 17.2 Å². The molecule has 0 bridgehead atoms. The molecule has 1 amide bonds. The van der Waals surface area contributed by atoms with Gasteiger partial charge >= 0.3 is 11.9 Å². The summed E-state index contributed by atoms with van der Waals surface area (Å²) in [6, 6.07) is 59.0. The van der Waals surface area contributed by atoms with E-state index in [1.54, 1.807) is 122 Å². The molecule has 0 aliphatic rings. The smallest absolute Gasteiger partial charge is 0.322 e. The highest BCUT2D eigenvalue weighted by Crippen LogP contribution is 2.26. The molecule has 29 heteroatoms. The number of aryl methyl sites for hydroxylation is 1. The van der Waals surface area contributed by atoms with E-state index in [0.717, 1.165) is 33.8 Å². The average Bonchev–Trinajstić information content (AvgIpc) is 0.805. The molecule has 8 aromatic carbocycles. The maximum atomic E-state index is 13.1. The molecule has 1 heterocycles. The SMILES string of the molecule is CCOc1ccccc1/C=N/Nc1ccc(S(=O)(=O)c2ccc(N/N=C/c3ccccc3OCC)cc2)cc1.O=C(O)CCC(=O)c1ccc(CCc2c(CO)oc(CNc3ccc(C(=O)NCC(=O)O)cc3)c(O)c2=O)cc1.OC[C@@H](O)[C@@H](O)[C@H](O)[C@H](O)/C(C=NCc1ccccc1)=N/Nc1ccccc1. The number of hydrogen-bond acceptors (Lipinski definition) is 25. The number of anilines is 4. The second-order valence-electron chi connectivity index (χ2n) is 23.2. The molecule has 0 fully saturated rings. The van der Waals surface area contributed by atoms with Crippen LogP contribution in [0.3, 0.4) is 0 Å². The Morgan fingerprint density at radius 3 is 1.60 bits per heavy atom. The lowest BCUT2D eigenvalue weighted by Gasteiger charge is -2.25. The third kappa shape index (κ3) is 25.9. The predicted molar refractivity (Wildman–Crippen MR) is 405 cm³/mol. The lowest BCUT2D eigenvalue weighted by molar-refractivity contribution is -0.137. The van der Waals surface area contributed by atoms with Crippen LogP contribution in [0, 0.1) is 0 Å². The zero-order chi connectivity index (χ0) is 77.1. The summed E-state index contributed by atoms with van der Waals surface area (Å²) in [7, 11) is -3.69. The Labute approximate surface area is 616 Å². The number of para-hydroxylation sites is 3. The zero-order valence-electron chi connectivity index (χ0n) is 58.3. The van der Waals surface area contributed by atoms with Gasteiger partial charge in [0.25, 0.3) is 5.91 Å². The van der Waals surface area contributed by atoms with Crippen LogP contribution in [0.1, 0.15) is 86.7 Å². The molecular formula is C78H83N9O19S. The van der Waals surface area contributed by atoms with E-state index in [-0.39, 0.29) is 69.7 Å². The van der Waals surface area contributed by atoms with E-state index in [2.05, 4.69) is 47.2 Å². The number of sulfone groups is 1. The van der Waals surface area contributed by atoms with E-state index in [1.165, 1.54) is 18.3 Å². The van der Waals surface area contributed by atoms with Crippen molar-refractivity contribution in [3.8, 4) is 17.2 Å². The number of carbonyl (C=O) groups excluding carboxylic acids is 2. The van der Waals surface area contributed by atoms with E-state index in [4.69, 9.17) is 29.2 Å². The number of ether oxygens (including phenoxy) is 2. The van der Waals surface area contributed by atoms with E-state index >= 15 is 0 Å². The van der Waals surface area contributed by atoms with Crippen LogP contribution in [0.15, 0.2) is 246 Å². The van der Waals surface area contributed by atoms with Crippen LogP contribution >= 0.6 is 0 Å². The van der Waals surface area contributed by atoms with Gasteiger partial charge in [0.2, 0.25) is 21.0 Å². The number of aliphatic hydroxyl groups is 6. The first-order valence-electron chi connectivity index (χ1n) is 33.5. The number of Topliss-reactive ketones (excluding diaryl/α,β-unsaturated/α-hetero) is 1. The molecule has 0 aliphatic heterocycles. The Morgan fingerprint density at radius 1 is 0.561 bits per heavy atom. The van der Waals surface area contributed by atoms with Crippen molar-refractivity contribution in [3.05, 3.63) is 267 Å². The molecule has 107 heavy (non-hydrogen) atoms. The van der Waals surface area contributed by atoms with Gasteiger partial charge in [0, 0.05) is 46.1 Å². The summed E-state index contributed by atoms with van der Waals surface area (Å²) in [4.78, 5) is 62.7. The number of carbonyl (C=O) groups is 4. The summed E-state index contributed by atoms with van der Waals surface area (Å²) in [5, 5.41) is 104. The average molecular weight is 1480 g/mol. The van der Waals surface area contributed by atoms with Crippen LogP contribution in [0.4, 0.5) is 22.7 Å². The molecule has 0 saturated carbocycles. The molecule has 0 radical (unpaired) electrons. The quantitative estimate of drug-likeness (QED) is 0.00994. The number of nitrogens with zero attached hydrogens (tertiary/aromatic N) is 4. The third-order valence-corrected chi connectivity index (χ3v) is 17.3. The number of nitrogens with one attached hydrogen (secondary N) is 5. The Kier molecular flexibility index (Phi) is 32.6. The van der Waals surface area contributed by atoms with Gasteiger partial charge in [-0.3, -0.25) is 45.2 Å². The second-order valence-corrected chi connectivity index (χ2v) is 25.1. The number of aliphatic imine (C=N–C) groups is 1. The van der Waals surface area contributed by atoms with Crippen molar-refractivity contribution < 1.29 is 87.4 Å². The number of aliphatic hydroxyl groups excluding tert-OH is 6. The standard InChI is InChI=1S/C30H30N4O4S.C28H28N2O10.C20H25N3O5/c1-3-37-29-11-7-5-9-23(29)21-31-33-25-13-17-27(18-14-25)39(35,36)28-19-15-26(16-20-28)34-32-22-24-10-6-8-12-30(24)38-4-2;31-15-23-20(10-3-16-1-4-17(5-2-16)21(32)11-12-24(33)34)26(37)27(38)22(40-23)13-29-19-8-6-18(7-9-19)28(39)30-14-25(35)36;24-13-17(25)19(27)20(28)18(26)16(23-22-15-9-5-2-6-10-15)12-21-11-14-7-3-1-4-8-14/h5-22,33-34H,3-4H2,1-2H3;1-2,4-9,29,31,38H,3,10-15H2,(H,30,39)(H,33,34)(H,35,36);1-10,12,17-20,22,24-28H,11,13H2/b31-21+,32-22+;;21-12?,23-16+/t;;17-,18-,19-,20-/m..1/s1. The number of benzene rings is 8. The zero-order valence-corrected chi connectivity index (χ0v) is 59.1. The minimum Gasteiger partial charge on any atom is -0.502 e. The van der Waals surface area contributed by atoms with Gasteiger partial charge < -0.3 is 70.5 Å². The fraction of sp³-hybridized carbons (Fsp3) is 0.218. The number of amides is 1. The highest BCUT2D eigenvalue weighted by molar-refractivity contribution is 7.91. The first kappa shape index (κ1) is 82.1. The molecular weight excluding hydrogens is 1400 g/mol. The molecule has 0 unspecified atom stereocenters. The molecule has 9 aromatic rings. The normalized spacial score (nSPS) is 12.5. The van der Waals surface area contributed by atoms with Crippen molar-refractivity contribution in [1.82, 2.24) is 5.32 Å². The minimum absolute atomic E-state index is 0.00511. The molecule has 0 saturated heterocycles. The van der Waals surface area contributed by atoms with Gasteiger partial charge in [0.1, 0.15) is 60.5 Å². The number of carboxylic acids is 2. The van der Waals surface area contributed by atoms with Gasteiger partial charge in [-0.25, -0.2) is 8.42 Å². The van der Waals surface area contributed by atoms with Crippen molar-refractivity contribution in [2.24, 2.45) is 20.3 Å². The van der Waals surface area contributed by atoms with Gasteiger partial charge in [-0.15, -0.1) is 0 Å². The number of rotatable bonds is 36. The Bertz CT molecular complexity index is 4530. The number of hydrazone groups is 3. The van der Waals surface area contributed by atoms with E-state index in [1.807, 2.05) is 98.8 Å². The number of aromatic hydroxyl groups is 1. The van der Waals surface area contributed by atoms with E-state index in [0.29, 0.717) is 54.5 Å². The number of hydrogen-bond donors (Lipinski definition) is 14. The lowest BCUT2D eigenvalue weighted by Crippen LogP contribution is -2.49. The topological polar surface area (TPSA) is 443 Å². The molecule has 0 aliphatic carbocycles. The molecule has 14 N–H and O–H groups in total. The predicted octanol–water partition coefficient (Wildman–Crippen LogP) is 8.47. The molecule has 4 atom stereocenters. The van der Waals surface area contributed by atoms with Gasteiger partial charge in [-0.2, -0.15) is 15.3 Å². The maximum Gasteiger partial charge on any atom is 0.322 e. The fourth-order valence-corrected chi connectivity index (χ4v) is 11.1. The molecule has 560 valence electrons. The minimum atomic E-state index is -3.69. The number of ketones is 1. The van der Waals surface area contributed by atoms with E-state index in [9.17, 15) is 63.0 Å². The fourth-order valence-electron chi connectivity index (χ4n) is 9.82. The van der Waals surface area contributed by atoms with Crippen LogP contribution in [0.25, 0.3) is 0 Å². The Morgan fingerprint density at radius 2 is 1.07 bits per heavy atom. The number of aliphatic carboxylic acids is 2. The summed E-state index contributed by atoms with van der Waals surface area (Å²) in [6.45, 7) is 3.35. The van der Waals surface area contributed by atoms with Crippen molar-refractivity contribution >= 4 is 80.6 Å². The van der Waals surface area contributed by atoms with Crippen LogP contribution in [-0.4, -0.2) is 153 Å². The summed E-state index contributed by atoms with van der Waals surface area (Å²) < 4.78 is 43.0. The van der Waals surface area contributed by atoms with Crippen molar-refractivity contribution in [3.63, 3.8) is 0 Å². The van der Waals surface area contributed by atoms with Crippen molar-refractivity contribution in [2.45, 2.75) is 93.4 Å². The lowest BCUT2D eigenvalue weighted by atomic mass is 10.00. The summed E-state index contributed by atoms with van der Waals surface area (Å²) in [5.41, 5.74) is 14.5. The van der Waals surface area contributed by atoms with Gasteiger partial charge in [0.05, 0.1) is 78.6 Å². The highest BCUT2D eigenvalue weighted by Gasteiger charge is 2.33. The highest BCUT2D eigenvalue weighted by atomic mass is 32.2. The van der Waals surface area contributed by atoms with Crippen molar-refractivity contribution in [1.29, 1.82) is 0 Å². The van der Waals surface area contributed by atoms with Gasteiger partial charge in [-0.05, 0) is 147 Å². The Balaban J connectivity index is 0.000000228. The molecule has 28 nitrogen and oxygen atoms in total. The van der Waals surface area contributed by atoms with Gasteiger partial charge in [-0.1, -0.05) is 97.1 Å². The molecule has 0 spiro atoms. The Hall–Kier alpha value is -12.2. The first-order chi connectivity index (χ1) is 51.6. The van der Waals surface area contributed by atoms with Crippen LogP contribution < -0.4 is 41.8 Å². The van der Waals surface area contributed by atoms with Crippen LogP contribution in [-0.2, 0) is 52.0 Å².